The summed E-state index contributed by atoms with van der Waals surface area (Å²) in [6, 6.07) is 6.94. The maximum atomic E-state index is 12.2. The van der Waals surface area contributed by atoms with Crippen LogP contribution in [0.4, 0.5) is 11.4 Å². The fourth-order valence-corrected chi connectivity index (χ4v) is 2.12. The fourth-order valence-electron chi connectivity index (χ4n) is 2.12. The zero-order chi connectivity index (χ0) is 17.5. The molecule has 2 aromatic rings. The van der Waals surface area contributed by atoms with Crippen LogP contribution in [0.15, 0.2) is 28.8 Å². The number of aryl methyl sites for hydroxylation is 1. The van der Waals surface area contributed by atoms with Gasteiger partial charge in [0.25, 0.3) is 0 Å². The zero-order valence-electron chi connectivity index (χ0n) is 14.0. The number of nitrogens with one attached hydrogen (secondary N) is 2. The summed E-state index contributed by atoms with van der Waals surface area (Å²) in [6.45, 7) is 6.47. The van der Waals surface area contributed by atoms with E-state index < -0.39 is 0 Å². The number of hydrogen-bond donors (Lipinski definition) is 2. The summed E-state index contributed by atoms with van der Waals surface area (Å²) in [7, 11) is 0. The summed E-state index contributed by atoms with van der Waals surface area (Å²) >= 11 is 0. The number of aromatic nitrogens is 2. The molecule has 8 heteroatoms. The van der Waals surface area contributed by atoms with Crippen molar-refractivity contribution in [1.82, 2.24) is 15.0 Å². The van der Waals surface area contributed by atoms with Crippen LogP contribution in [0.2, 0.25) is 0 Å². The van der Waals surface area contributed by atoms with Crippen LogP contribution in [0, 0.1) is 6.92 Å². The fraction of sp³-hybridized carbons (Fsp3) is 0.375. The van der Waals surface area contributed by atoms with Crippen molar-refractivity contribution in [2.45, 2.75) is 27.3 Å². The first-order chi connectivity index (χ1) is 11.5. The van der Waals surface area contributed by atoms with Crippen molar-refractivity contribution < 1.29 is 14.1 Å². The van der Waals surface area contributed by atoms with E-state index in [1.54, 1.807) is 31.2 Å². The minimum absolute atomic E-state index is 0.137. The van der Waals surface area contributed by atoms with Crippen molar-refractivity contribution in [2.75, 3.05) is 23.7 Å². The van der Waals surface area contributed by atoms with Crippen molar-refractivity contribution in [1.29, 1.82) is 0 Å². The molecule has 0 aliphatic carbocycles. The second-order valence-electron chi connectivity index (χ2n) is 5.35. The van der Waals surface area contributed by atoms with Crippen molar-refractivity contribution in [3.63, 3.8) is 0 Å². The van der Waals surface area contributed by atoms with Crippen molar-refractivity contribution in [3.8, 4) is 0 Å². The van der Waals surface area contributed by atoms with Gasteiger partial charge in [-0.3, -0.25) is 14.5 Å². The smallest absolute Gasteiger partial charge is 0.240 e. The van der Waals surface area contributed by atoms with Gasteiger partial charge in [-0.05, 0) is 37.7 Å². The molecule has 0 saturated carbocycles. The van der Waals surface area contributed by atoms with Gasteiger partial charge in [-0.2, -0.15) is 4.98 Å². The third-order valence-corrected chi connectivity index (χ3v) is 3.23. The monoisotopic (exact) mass is 331 g/mol. The molecule has 0 saturated heterocycles. The molecule has 0 fully saturated rings. The summed E-state index contributed by atoms with van der Waals surface area (Å²) in [5.74, 6) is 0.786. The second-order valence-corrected chi connectivity index (χ2v) is 5.35. The Morgan fingerprint density at radius 2 is 1.79 bits per heavy atom. The Morgan fingerprint density at radius 3 is 2.29 bits per heavy atom. The van der Waals surface area contributed by atoms with E-state index in [0.29, 0.717) is 36.2 Å². The molecule has 1 aromatic heterocycles. The molecule has 0 unspecified atom stereocenters. The molecule has 1 heterocycles. The van der Waals surface area contributed by atoms with Crippen molar-refractivity contribution >= 4 is 23.2 Å². The highest BCUT2D eigenvalue weighted by molar-refractivity contribution is 5.93. The van der Waals surface area contributed by atoms with E-state index in [4.69, 9.17) is 4.52 Å². The lowest BCUT2D eigenvalue weighted by molar-refractivity contribution is -0.117. The summed E-state index contributed by atoms with van der Waals surface area (Å²) < 4.78 is 5.07. The van der Waals surface area contributed by atoms with Gasteiger partial charge in [-0.1, -0.05) is 12.1 Å². The Morgan fingerprint density at radius 1 is 1.17 bits per heavy atom. The lowest BCUT2D eigenvalue weighted by Crippen LogP contribution is -2.32. The number of carbonyl (C=O) groups is 2. The first-order valence-electron chi connectivity index (χ1n) is 7.65. The molecule has 0 bridgehead atoms. The molecule has 2 amide bonds. The number of carbonyl (C=O) groups excluding carboxylic acids is 2. The molecule has 2 N–H and O–H groups in total. The number of hydrogen-bond acceptors (Lipinski definition) is 6. The number of likely N-dealkylation sites (N-methyl/N-ethyl adjacent to an activating group) is 1. The van der Waals surface area contributed by atoms with Crippen LogP contribution >= 0.6 is 0 Å². The normalized spacial score (nSPS) is 10.7. The quantitative estimate of drug-likeness (QED) is 0.802. The topological polar surface area (TPSA) is 100 Å². The highest BCUT2D eigenvalue weighted by Gasteiger charge is 2.13. The lowest BCUT2D eigenvalue weighted by atomic mass is 10.2. The lowest BCUT2D eigenvalue weighted by Gasteiger charge is -2.17. The van der Waals surface area contributed by atoms with Crippen molar-refractivity contribution in [2.24, 2.45) is 0 Å². The Balaban J connectivity index is 1.87. The molecular weight excluding hydrogens is 310 g/mol. The van der Waals surface area contributed by atoms with E-state index in [1.165, 1.54) is 6.92 Å². The van der Waals surface area contributed by atoms with Gasteiger partial charge in [0, 0.05) is 18.3 Å². The predicted octanol–water partition coefficient (Wildman–Crippen LogP) is 1.80. The van der Waals surface area contributed by atoms with Gasteiger partial charge >= 0.3 is 0 Å². The van der Waals surface area contributed by atoms with Crippen LogP contribution < -0.4 is 10.6 Å². The van der Waals surface area contributed by atoms with E-state index in [1.807, 2.05) is 11.8 Å². The summed E-state index contributed by atoms with van der Waals surface area (Å²) in [5.41, 5.74) is 1.35. The zero-order valence-corrected chi connectivity index (χ0v) is 14.0. The Labute approximate surface area is 140 Å². The Bertz CT molecular complexity index is 696. The van der Waals surface area contributed by atoms with Crippen LogP contribution in [0.1, 0.15) is 25.6 Å². The van der Waals surface area contributed by atoms with Crippen LogP contribution in [-0.2, 0) is 16.1 Å². The van der Waals surface area contributed by atoms with Gasteiger partial charge in [0.15, 0.2) is 5.82 Å². The van der Waals surface area contributed by atoms with Crippen LogP contribution in [0.25, 0.3) is 0 Å². The van der Waals surface area contributed by atoms with Crippen LogP contribution in [0.3, 0.4) is 0 Å². The number of rotatable bonds is 7. The molecular formula is C16H21N5O3. The van der Waals surface area contributed by atoms with E-state index in [2.05, 4.69) is 20.8 Å². The largest absolute Gasteiger partial charge is 0.338 e. The molecule has 2 rings (SSSR count). The van der Waals surface area contributed by atoms with Gasteiger partial charge in [0.2, 0.25) is 17.7 Å². The maximum Gasteiger partial charge on any atom is 0.240 e. The minimum atomic E-state index is -0.139. The van der Waals surface area contributed by atoms with Gasteiger partial charge in [-0.25, -0.2) is 0 Å². The van der Waals surface area contributed by atoms with E-state index in [9.17, 15) is 9.59 Å². The van der Waals surface area contributed by atoms with Gasteiger partial charge in [-0.15, -0.1) is 0 Å². The molecule has 0 atom stereocenters. The van der Waals surface area contributed by atoms with Crippen LogP contribution in [-0.4, -0.2) is 39.9 Å². The van der Waals surface area contributed by atoms with Crippen LogP contribution in [0.5, 0.6) is 0 Å². The molecule has 0 aliphatic heterocycles. The van der Waals surface area contributed by atoms with E-state index in [-0.39, 0.29) is 18.4 Å². The predicted molar refractivity (Wildman–Crippen MR) is 89.4 cm³/mol. The molecule has 128 valence electrons. The highest BCUT2D eigenvalue weighted by Crippen LogP contribution is 2.13. The molecule has 24 heavy (non-hydrogen) atoms. The molecule has 1 aromatic carbocycles. The average molecular weight is 331 g/mol. The average Bonchev–Trinajstić information content (AvgIpc) is 2.93. The van der Waals surface area contributed by atoms with Gasteiger partial charge in [0.1, 0.15) is 0 Å². The third-order valence-electron chi connectivity index (χ3n) is 3.23. The first-order valence-corrected chi connectivity index (χ1v) is 7.65. The summed E-state index contributed by atoms with van der Waals surface area (Å²) in [4.78, 5) is 29.2. The molecule has 0 aliphatic rings. The van der Waals surface area contributed by atoms with Crippen molar-refractivity contribution in [3.05, 3.63) is 36.0 Å². The van der Waals surface area contributed by atoms with Gasteiger partial charge in [0.05, 0.1) is 13.1 Å². The third kappa shape index (κ3) is 5.47. The molecule has 0 spiro atoms. The highest BCUT2D eigenvalue weighted by atomic mass is 16.5. The standard InChI is InChI=1S/C16H21N5O3/c1-4-21(10-16-17-11(2)20-24-16)9-15(23)19-14-7-5-13(6-8-14)18-12(3)22/h5-8H,4,9-10H2,1-3H3,(H,18,22)(H,19,23). The Kier molecular flexibility index (Phi) is 6.02. The second kappa shape index (κ2) is 8.21. The number of benzene rings is 1. The number of amides is 2. The first kappa shape index (κ1) is 17.6. The van der Waals surface area contributed by atoms with E-state index >= 15 is 0 Å². The minimum Gasteiger partial charge on any atom is -0.338 e. The van der Waals surface area contributed by atoms with Gasteiger partial charge < -0.3 is 15.2 Å². The maximum absolute atomic E-state index is 12.2. The number of nitrogens with zero attached hydrogens (tertiary/aromatic N) is 3. The summed E-state index contributed by atoms with van der Waals surface area (Å²) in [5, 5.41) is 9.23. The van der Waals surface area contributed by atoms with E-state index in [0.717, 1.165) is 0 Å². The Hall–Kier alpha value is -2.74. The molecule has 8 nitrogen and oxygen atoms in total. The number of anilines is 2. The summed E-state index contributed by atoms with van der Waals surface area (Å²) in [6.07, 6.45) is 0. The molecule has 0 radical (unpaired) electrons. The SMILES string of the molecule is CCN(CC(=O)Nc1ccc(NC(C)=O)cc1)Cc1nc(C)no1.